The molecule has 1 aliphatic heterocycles. The number of ether oxygens (including phenoxy) is 1. The third kappa shape index (κ3) is 7.28. The second kappa shape index (κ2) is 14.4. The van der Waals surface area contributed by atoms with Crippen molar-refractivity contribution in [2.45, 2.75) is 38.0 Å². The van der Waals surface area contributed by atoms with E-state index in [4.69, 9.17) is 16.3 Å². The molecule has 0 bridgehead atoms. The molecule has 0 fully saturated rings. The molecular formula is C36H35ClN6O3. The Balaban J connectivity index is 1.12. The Labute approximate surface area is 273 Å². The van der Waals surface area contributed by atoms with Crippen LogP contribution >= 0.6 is 11.6 Å². The van der Waals surface area contributed by atoms with Gasteiger partial charge in [-0.25, -0.2) is 4.98 Å². The number of fused-ring (bicyclic) bond motifs is 1. The van der Waals surface area contributed by atoms with Crippen molar-refractivity contribution in [2.24, 2.45) is 0 Å². The number of pyridine rings is 1. The molecular weight excluding hydrogens is 600 g/mol. The number of hydrogen-bond donors (Lipinski definition) is 3. The fourth-order valence-corrected chi connectivity index (χ4v) is 5.82. The van der Waals surface area contributed by atoms with E-state index in [0.29, 0.717) is 42.5 Å². The van der Waals surface area contributed by atoms with Crippen molar-refractivity contribution in [3.63, 3.8) is 0 Å². The van der Waals surface area contributed by atoms with Crippen molar-refractivity contribution in [3.05, 3.63) is 137 Å². The van der Waals surface area contributed by atoms with Crippen LogP contribution in [-0.2, 0) is 24.3 Å². The molecule has 3 N–H and O–H groups in total. The van der Waals surface area contributed by atoms with Crippen LogP contribution in [0.1, 0.15) is 45.2 Å². The second-order valence-corrected chi connectivity index (χ2v) is 11.7. The van der Waals surface area contributed by atoms with Gasteiger partial charge >= 0.3 is 0 Å². The van der Waals surface area contributed by atoms with E-state index in [1.54, 1.807) is 31.4 Å². The number of halogens is 1. The highest BCUT2D eigenvalue weighted by atomic mass is 35.5. The van der Waals surface area contributed by atoms with E-state index in [1.165, 1.54) is 5.56 Å². The largest absolute Gasteiger partial charge is 0.492 e. The van der Waals surface area contributed by atoms with Crippen molar-refractivity contribution in [2.75, 3.05) is 13.7 Å². The molecule has 0 saturated heterocycles. The standard InChI is InChI=1S/C36H35ClN6O3/c1-38-36(45)33(18-24-9-13-28(37)14-10-24)42-35(44)31-6-2-5-30-32(15-17-46-34(30)31)41-21-29-20-40-23-43(29)22-25-7-11-26(12-8-25)27-4-3-16-39-19-27/h2-14,16,19-20,23,32-33,41H,15,17-18,21-22H2,1H3,(H,38,45)(H,42,44)/t32?,33-/m1/s1. The molecule has 0 aliphatic carbocycles. The summed E-state index contributed by atoms with van der Waals surface area (Å²) in [4.78, 5) is 34.9. The van der Waals surface area contributed by atoms with Crippen LogP contribution in [0, 0.1) is 0 Å². The highest BCUT2D eigenvalue weighted by molar-refractivity contribution is 6.30. The molecule has 1 aliphatic rings. The average molecular weight is 635 g/mol. The number of para-hydroxylation sites is 1. The zero-order valence-electron chi connectivity index (χ0n) is 25.4. The van der Waals surface area contributed by atoms with Crippen molar-refractivity contribution in [3.8, 4) is 16.9 Å². The molecule has 2 atom stereocenters. The Morgan fingerprint density at radius 2 is 1.76 bits per heavy atom. The number of amides is 2. The summed E-state index contributed by atoms with van der Waals surface area (Å²) in [6.45, 7) is 1.75. The summed E-state index contributed by atoms with van der Waals surface area (Å²) in [5, 5.41) is 9.82. The summed E-state index contributed by atoms with van der Waals surface area (Å²) in [6, 6.07) is 24.5. The smallest absolute Gasteiger partial charge is 0.255 e. The molecule has 3 aromatic carbocycles. The van der Waals surface area contributed by atoms with Crippen LogP contribution in [0.25, 0.3) is 11.1 Å². The summed E-state index contributed by atoms with van der Waals surface area (Å²) in [5.41, 5.74) is 6.62. The van der Waals surface area contributed by atoms with Gasteiger partial charge in [-0.1, -0.05) is 66.2 Å². The van der Waals surface area contributed by atoms with Gasteiger partial charge in [0.15, 0.2) is 0 Å². The predicted molar refractivity (Wildman–Crippen MR) is 178 cm³/mol. The monoisotopic (exact) mass is 634 g/mol. The molecule has 1 unspecified atom stereocenters. The Bertz CT molecular complexity index is 1790. The number of benzene rings is 3. The Hall–Kier alpha value is -4.99. The molecule has 6 rings (SSSR count). The van der Waals surface area contributed by atoms with Gasteiger partial charge < -0.3 is 25.3 Å². The summed E-state index contributed by atoms with van der Waals surface area (Å²) in [6.07, 6.45) is 8.43. The van der Waals surface area contributed by atoms with E-state index >= 15 is 0 Å². The third-order valence-electron chi connectivity index (χ3n) is 8.17. The van der Waals surface area contributed by atoms with Crippen LogP contribution < -0.4 is 20.7 Å². The molecule has 10 heteroatoms. The van der Waals surface area contributed by atoms with Gasteiger partial charge in [-0.05, 0) is 46.5 Å². The van der Waals surface area contributed by atoms with Gasteiger partial charge in [-0.2, -0.15) is 0 Å². The van der Waals surface area contributed by atoms with Gasteiger partial charge in [-0.15, -0.1) is 0 Å². The lowest BCUT2D eigenvalue weighted by Gasteiger charge is -2.28. The SMILES string of the molecule is CNC(=O)[C@@H](Cc1ccc(Cl)cc1)NC(=O)c1cccc2c1OCCC2NCc1cncn1Cc1ccc(-c2cccnc2)cc1. The van der Waals surface area contributed by atoms with Crippen molar-refractivity contribution < 1.29 is 14.3 Å². The number of imidazole rings is 1. The number of likely N-dealkylation sites (N-methyl/N-ethyl adjacent to an activating group) is 1. The minimum absolute atomic E-state index is 0.0255. The fourth-order valence-electron chi connectivity index (χ4n) is 5.69. The molecule has 0 saturated carbocycles. The second-order valence-electron chi connectivity index (χ2n) is 11.2. The first kappa shape index (κ1) is 31.0. The minimum Gasteiger partial charge on any atom is -0.492 e. The molecule has 5 aromatic rings. The molecule has 2 aromatic heterocycles. The van der Waals surface area contributed by atoms with Gasteiger partial charge in [0, 0.05) is 68.2 Å². The van der Waals surface area contributed by atoms with Crippen LogP contribution in [0.2, 0.25) is 5.02 Å². The van der Waals surface area contributed by atoms with Gasteiger partial charge in [0.2, 0.25) is 5.91 Å². The normalized spacial score (nSPS) is 14.5. The summed E-state index contributed by atoms with van der Waals surface area (Å²) < 4.78 is 8.18. The van der Waals surface area contributed by atoms with Crippen molar-refractivity contribution in [1.29, 1.82) is 0 Å². The molecule has 3 heterocycles. The number of carbonyl (C=O) groups excluding carboxylic acids is 2. The molecule has 0 radical (unpaired) electrons. The number of nitrogens with one attached hydrogen (secondary N) is 3. The van der Waals surface area contributed by atoms with Crippen LogP contribution in [0.4, 0.5) is 0 Å². The lowest BCUT2D eigenvalue weighted by Crippen LogP contribution is -2.47. The quantitative estimate of drug-likeness (QED) is 0.181. The zero-order valence-corrected chi connectivity index (χ0v) is 26.2. The summed E-state index contributed by atoms with van der Waals surface area (Å²) >= 11 is 6.02. The minimum atomic E-state index is -0.765. The van der Waals surface area contributed by atoms with E-state index in [1.807, 2.05) is 49.1 Å². The topological polar surface area (TPSA) is 110 Å². The number of aromatic nitrogens is 3. The van der Waals surface area contributed by atoms with Crippen molar-refractivity contribution in [1.82, 2.24) is 30.5 Å². The first-order valence-corrected chi connectivity index (χ1v) is 15.6. The Kier molecular flexibility index (Phi) is 9.71. The van der Waals surface area contributed by atoms with E-state index in [-0.39, 0.29) is 17.9 Å². The highest BCUT2D eigenvalue weighted by Crippen LogP contribution is 2.35. The van der Waals surface area contributed by atoms with E-state index < -0.39 is 6.04 Å². The highest BCUT2D eigenvalue weighted by Gasteiger charge is 2.28. The maximum absolute atomic E-state index is 13.5. The summed E-state index contributed by atoms with van der Waals surface area (Å²) in [5.74, 6) is -0.115. The van der Waals surface area contributed by atoms with E-state index in [9.17, 15) is 9.59 Å². The Morgan fingerprint density at radius 3 is 2.52 bits per heavy atom. The predicted octanol–water partition coefficient (Wildman–Crippen LogP) is 5.35. The van der Waals surface area contributed by atoms with Crippen LogP contribution in [-0.4, -0.2) is 46.0 Å². The first-order chi connectivity index (χ1) is 22.5. The van der Waals surface area contributed by atoms with Gasteiger partial charge in [-0.3, -0.25) is 14.6 Å². The average Bonchev–Trinajstić information content (AvgIpc) is 3.54. The van der Waals surface area contributed by atoms with Crippen LogP contribution in [0.5, 0.6) is 5.75 Å². The summed E-state index contributed by atoms with van der Waals surface area (Å²) in [7, 11) is 1.55. The fraction of sp³-hybridized carbons (Fsp3) is 0.222. The lowest BCUT2D eigenvalue weighted by molar-refractivity contribution is -0.122. The van der Waals surface area contributed by atoms with Gasteiger partial charge in [0.1, 0.15) is 11.8 Å². The number of rotatable bonds is 11. The molecule has 2 amide bonds. The third-order valence-corrected chi connectivity index (χ3v) is 8.42. The molecule has 0 spiro atoms. The molecule has 9 nitrogen and oxygen atoms in total. The van der Waals surface area contributed by atoms with Crippen molar-refractivity contribution >= 4 is 23.4 Å². The van der Waals surface area contributed by atoms with Crippen LogP contribution in [0.3, 0.4) is 0 Å². The maximum Gasteiger partial charge on any atom is 0.255 e. The van der Waals surface area contributed by atoms with Gasteiger partial charge in [0.05, 0.1) is 24.2 Å². The molecule has 234 valence electrons. The van der Waals surface area contributed by atoms with Crippen LogP contribution in [0.15, 0.2) is 104 Å². The Morgan fingerprint density at radius 1 is 0.957 bits per heavy atom. The molecule has 46 heavy (non-hydrogen) atoms. The number of nitrogens with zero attached hydrogens (tertiary/aromatic N) is 3. The van der Waals surface area contributed by atoms with Gasteiger partial charge in [0.25, 0.3) is 5.91 Å². The van der Waals surface area contributed by atoms with E-state index in [0.717, 1.165) is 34.4 Å². The van der Waals surface area contributed by atoms with E-state index in [2.05, 4.69) is 60.8 Å². The first-order valence-electron chi connectivity index (χ1n) is 15.2. The zero-order chi connectivity index (χ0) is 31.9. The maximum atomic E-state index is 13.5. The number of carbonyl (C=O) groups is 2. The lowest BCUT2D eigenvalue weighted by atomic mass is 9.96. The number of hydrogen-bond acceptors (Lipinski definition) is 6.